The summed E-state index contributed by atoms with van der Waals surface area (Å²) in [6.45, 7) is 2.23. The Bertz CT molecular complexity index is 130. The van der Waals surface area contributed by atoms with Gasteiger partial charge in [-0.1, -0.05) is 0 Å². The highest BCUT2D eigenvalue weighted by Crippen LogP contribution is 2.11. The number of rotatable bonds is 0. The van der Waals surface area contributed by atoms with Crippen LogP contribution < -0.4 is 0 Å². The predicted octanol–water partition coefficient (Wildman–Crippen LogP) is 0.678. The standard InChI is InChI=1S/C4H5NOS/c1-3-5-2-4(6)7-3/h2H2,1H3. The molecule has 1 rings (SSSR count). The van der Waals surface area contributed by atoms with E-state index < -0.39 is 0 Å². The fraction of sp³-hybridized carbons (Fsp3) is 0.500. The van der Waals surface area contributed by atoms with Crippen LogP contribution >= 0.6 is 11.8 Å². The largest absolute Gasteiger partial charge is 0.285 e. The summed E-state index contributed by atoms with van der Waals surface area (Å²) >= 11 is 1.23. The third-order valence-electron chi connectivity index (χ3n) is 0.692. The SMILES string of the molecule is CC1=NCC(=O)S1. The molecule has 0 aromatic heterocycles. The van der Waals surface area contributed by atoms with E-state index in [9.17, 15) is 4.79 Å². The first-order valence-corrected chi connectivity index (χ1v) is 2.82. The maximum absolute atomic E-state index is 10.3. The summed E-state index contributed by atoms with van der Waals surface area (Å²) in [7, 11) is 0. The Labute approximate surface area is 46.0 Å². The van der Waals surface area contributed by atoms with Gasteiger partial charge >= 0.3 is 0 Å². The van der Waals surface area contributed by atoms with Crippen molar-refractivity contribution in [3.63, 3.8) is 0 Å². The Morgan fingerprint density at radius 3 is 2.71 bits per heavy atom. The molecule has 0 spiro atoms. The third-order valence-corrected chi connectivity index (χ3v) is 1.47. The van der Waals surface area contributed by atoms with Crippen molar-refractivity contribution in [2.24, 2.45) is 4.99 Å². The maximum atomic E-state index is 10.3. The lowest BCUT2D eigenvalue weighted by atomic mass is 10.7. The number of carbonyl (C=O) groups is 1. The number of hydrogen-bond acceptors (Lipinski definition) is 3. The molecular weight excluding hydrogens is 110 g/mol. The van der Waals surface area contributed by atoms with Crippen LogP contribution in [0.25, 0.3) is 0 Å². The predicted molar refractivity (Wildman–Crippen MR) is 30.6 cm³/mol. The van der Waals surface area contributed by atoms with Crippen LogP contribution in [0.3, 0.4) is 0 Å². The summed E-state index contributed by atoms with van der Waals surface area (Å²) in [5.41, 5.74) is 0. The highest BCUT2D eigenvalue weighted by Gasteiger charge is 2.09. The van der Waals surface area contributed by atoms with Gasteiger partial charge in [0.05, 0.1) is 5.04 Å². The fourth-order valence-corrected chi connectivity index (χ4v) is 0.993. The Morgan fingerprint density at radius 1 is 1.86 bits per heavy atom. The van der Waals surface area contributed by atoms with Crippen LogP contribution in [0.5, 0.6) is 0 Å². The van der Waals surface area contributed by atoms with Crippen LogP contribution in [0.1, 0.15) is 6.92 Å². The monoisotopic (exact) mass is 115 g/mol. The molecule has 0 N–H and O–H groups in total. The summed E-state index contributed by atoms with van der Waals surface area (Å²) < 4.78 is 0. The Kier molecular flexibility index (Phi) is 1.15. The number of thioether (sulfide) groups is 1. The van der Waals surface area contributed by atoms with Gasteiger partial charge in [-0.25, -0.2) is 0 Å². The highest BCUT2D eigenvalue weighted by molar-refractivity contribution is 8.26. The Hall–Kier alpha value is -0.310. The van der Waals surface area contributed by atoms with Gasteiger partial charge in [-0.15, -0.1) is 0 Å². The zero-order valence-corrected chi connectivity index (χ0v) is 4.79. The van der Waals surface area contributed by atoms with E-state index in [1.54, 1.807) is 0 Å². The summed E-state index contributed by atoms with van der Waals surface area (Å²) in [6.07, 6.45) is 0. The number of hydrogen-bond donors (Lipinski definition) is 0. The van der Waals surface area contributed by atoms with Crippen molar-refractivity contribution in [1.82, 2.24) is 0 Å². The average molecular weight is 115 g/mol. The topological polar surface area (TPSA) is 29.4 Å². The molecule has 1 heterocycles. The minimum absolute atomic E-state index is 0.164. The first-order valence-electron chi connectivity index (χ1n) is 2.01. The molecule has 0 atom stereocenters. The smallest absolute Gasteiger partial charge is 0.216 e. The second-order valence-electron chi connectivity index (χ2n) is 1.31. The van der Waals surface area contributed by atoms with E-state index in [1.165, 1.54) is 11.8 Å². The number of aliphatic imine (C=N–C) groups is 1. The van der Waals surface area contributed by atoms with E-state index in [0.29, 0.717) is 6.54 Å². The molecule has 3 heteroatoms. The van der Waals surface area contributed by atoms with Crippen molar-refractivity contribution in [2.75, 3.05) is 6.54 Å². The number of nitrogens with zero attached hydrogens (tertiary/aromatic N) is 1. The average Bonchev–Trinajstić information content (AvgIpc) is 1.87. The van der Waals surface area contributed by atoms with Gasteiger partial charge in [0.2, 0.25) is 5.12 Å². The molecule has 0 radical (unpaired) electrons. The van der Waals surface area contributed by atoms with E-state index >= 15 is 0 Å². The Balaban J connectivity index is 2.58. The first kappa shape index (κ1) is 4.84. The van der Waals surface area contributed by atoms with Crippen LogP contribution in [0.2, 0.25) is 0 Å². The molecular formula is C4H5NOS. The Morgan fingerprint density at radius 2 is 2.57 bits per heavy atom. The molecule has 0 aliphatic carbocycles. The normalized spacial score (nSPS) is 20.1. The van der Waals surface area contributed by atoms with E-state index in [0.717, 1.165) is 5.04 Å². The van der Waals surface area contributed by atoms with Gasteiger partial charge in [0.1, 0.15) is 6.54 Å². The second kappa shape index (κ2) is 1.66. The molecule has 1 aliphatic rings. The van der Waals surface area contributed by atoms with Gasteiger partial charge < -0.3 is 0 Å². The van der Waals surface area contributed by atoms with Gasteiger partial charge in [0.15, 0.2) is 0 Å². The van der Waals surface area contributed by atoms with E-state index in [4.69, 9.17) is 0 Å². The van der Waals surface area contributed by atoms with E-state index in [-0.39, 0.29) is 5.12 Å². The number of carbonyl (C=O) groups excluding carboxylic acids is 1. The molecule has 0 unspecified atom stereocenters. The molecule has 0 amide bonds. The van der Waals surface area contributed by atoms with Crippen molar-refractivity contribution in [3.8, 4) is 0 Å². The maximum Gasteiger partial charge on any atom is 0.216 e. The molecule has 1 aliphatic heterocycles. The third kappa shape index (κ3) is 1.03. The van der Waals surface area contributed by atoms with Gasteiger partial charge in [0.25, 0.3) is 0 Å². The molecule has 7 heavy (non-hydrogen) atoms. The minimum Gasteiger partial charge on any atom is -0.285 e. The van der Waals surface area contributed by atoms with E-state index in [1.807, 2.05) is 6.92 Å². The lowest BCUT2D eigenvalue weighted by Gasteiger charge is -1.76. The van der Waals surface area contributed by atoms with Crippen LogP contribution in [-0.4, -0.2) is 16.7 Å². The summed E-state index contributed by atoms with van der Waals surface area (Å²) in [4.78, 5) is 14.1. The van der Waals surface area contributed by atoms with Gasteiger partial charge in [0, 0.05) is 0 Å². The molecule has 0 saturated heterocycles. The molecule has 2 nitrogen and oxygen atoms in total. The minimum atomic E-state index is 0.164. The highest BCUT2D eigenvalue weighted by atomic mass is 32.2. The van der Waals surface area contributed by atoms with Crippen molar-refractivity contribution >= 4 is 21.9 Å². The zero-order valence-electron chi connectivity index (χ0n) is 3.97. The lowest BCUT2D eigenvalue weighted by Crippen LogP contribution is -1.86. The molecule has 0 aromatic carbocycles. The van der Waals surface area contributed by atoms with E-state index in [2.05, 4.69) is 4.99 Å². The summed E-state index contributed by atoms with van der Waals surface area (Å²) in [5, 5.41) is 1.06. The van der Waals surface area contributed by atoms with Crippen molar-refractivity contribution in [1.29, 1.82) is 0 Å². The van der Waals surface area contributed by atoms with Crippen LogP contribution in [0.15, 0.2) is 4.99 Å². The quantitative estimate of drug-likeness (QED) is 0.464. The van der Waals surface area contributed by atoms with Crippen molar-refractivity contribution < 1.29 is 4.79 Å². The van der Waals surface area contributed by atoms with Crippen LogP contribution in [0.4, 0.5) is 0 Å². The van der Waals surface area contributed by atoms with Crippen LogP contribution in [-0.2, 0) is 4.79 Å². The summed E-state index contributed by atoms with van der Waals surface area (Å²) in [5.74, 6) is 0. The summed E-state index contributed by atoms with van der Waals surface area (Å²) in [6, 6.07) is 0. The molecule has 38 valence electrons. The molecule has 0 saturated carbocycles. The van der Waals surface area contributed by atoms with Gasteiger partial charge in [-0.2, -0.15) is 0 Å². The first-order chi connectivity index (χ1) is 3.29. The fourth-order valence-electron chi connectivity index (χ4n) is 0.405. The van der Waals surface area contributed by atoms with Crippen molar-refractivity contribution in [2.45, 2.75) is 6.92 Å². The lowest BCUT2D eigenvalue weighted by molar-refractivity contribution is -0.109. The van der Waals surface area contributed by atoms with Gasteiger partial charge in [-0.3, -0.25) is 9.79 Å². The van der Waals surface area contributed by atoms with Crippen LogP contribution in [0, 0.1) is 0 Å². The molecule has 0 aromatic rings. The molecule has 0 bridgehead atoms. The second-order valence-corrected chi connectivity index (χ2v) is 2.56. The van der Waals surface area contributed by atoms with Gasteiger partial charge in [-0.05, 0) is 18.7 Å². The zero-order chi connectivity index (χ0) is 5.28. The van der Waals surface area contributed by atoms with Crippen molar-refractivity contribution in [3.05, 3.63) is 0 Å². The molecule has 0 fully saturated rings.